The van der Waals surface area contributed by atoms with E-state index in [-0.39, 0.29) is 0 Å². The highest BCUT2D eigenvalue weighted by molar-refractivity contribution is 7.92. The van der Waals surface area contributed by atoms with E-state index in [2.05, 4.69) is 0 Å². The lowest BCUT2D eigenvalue weighted by molar-refractivity contribution is 0.451. The molecule has 0 radical (unpaired) electrons. The topological polar surface area (TPSA) is 23.1 Å². The molecule has 0 saturated carbocycles. The van der Waals surface area contributed by atoms with E-state index in [1.54, 1.807) is 0 Å². The highest BCUT2D eigenvalue weighted by Crippen LogP contribution is 2.10. The third kappa shape index (κ3) is 2.84. The standard InChI is InChI=1S/C6H12F2OS/c1-5(3-7)10(9)6(2)4-8/h5-6H,3-4H2,1-2H3. The maximum absolute atomic E-state index is 11.8. The van der Waals surface area contributed by atoms with Crippen LogP contribution in [-0.4, -0.2) is 28.4 Å². The molecule has 0 aromatic heterocycles. The summed E-state index contributed by atoms with van der Waals surface area (Å²) in [6, 6.07) is 0. The summed E-state index contributed by atoms with van der Waals surface area (Å²) in [6.07, 6.45) is 0. The monoisotopic (exact) mass is 170 g/mol. The van der Waals surface area contributed by atoms with Crippen LogP contribution in [0.1, 0.15) is 13.8 Å². The molecule has 0 aliphatic carbocycles. The Morgan fingerprint density at radius 3 is 1.70 bits per heavy atom. The van der Waals surface area contributed by atoms with Gasteiger partial charge in [-0.05, 0) is 25.0 Å². The molecular formula is C6H12F2OS. The molecule has 0 heterocycles. The molecular weight excluding hydrogens is 158 g/mol. The first-order chi connectivity index (χ1) is 4.63. The van der Waals surface area contributed by atoms with Gasteiger partial charge in [-0.1, -0.05) is 0 Å². The van der Waals surface area contributed by atoms with Crippen LogP contribution in [0.2, 0.25) is 0 Å². The van der Waals surface area contributed by atoms with Gasteiger partial charge in [0.1, 0.15) is 23.8 Å². The maximum atomic E-state index is 11.8. The van der Waals surface area contributed by atoms with E-state index in [0.29, 0.717) is 0 Å². The van der Waals surface area contributed by atoms with Crippen LogP contribution in [-0.2, 0) is 11.2 Å². The van der Waals surface area contributed by atoms with Gasteiger partial charge in [-0.2, -0.15) is 0 Å². The molecule has 0 aromatic carbocycles. The van der Waals surface area contributed by atoms with E-state index in [1.807, 2.05) is 0 Å². The quantitative estimate of drug-likeness (QED) is 0.586. The normalized spacial score (nSPS) is 20.1. The molecule has 10 heavy (non-hydrogen) atoms. The molecule has 0 amide bonds. The van der Waals surface area contributed by atoms with Crippen LogP contribution < -0.4 is 0 Å². The minimum atomic E-state index is -1.36. The first kappa shape index (κ1) is 10.2. The zero-order valence-electron chi connectivity index (χ0n) is 6.14. The molecule has 0 aromatic rings. The molecule has 2 unspecified atom stereocenters. The zero-order valence-corrected chi connectivity index (χ0v) is 6.96. The summed E-state index contributed by atoms with van der Waals surface area (Å²) < 4.78 is 34.6. The Hall–Kier alpha value is 0.170. The van der Waals surface area contributed by atoms with Gasteiger partial charge >= 0.3 is 0 Å². The van der Waals surface area contributed by atoms with Crippen molar-refractivity contribution in [1.82, 2.24) is 0 Å². The summed E-state index contributed by atoms with van der Waals surface area (Å²) in [6.45, 7) is 1.75. The van der Waals surface area contributed by atoms with Crippen LogP contribution in [0.3, 0.4) is 0 Å². The zero-order chi connectivity index (χ0) is 8.15. The fraction of sp³-hybridized carbons (Fsp3) is 1.00. The van der Waals surface area contributed by atoms with Gasteiger partial charge in [-0.25, -0.2) is 8.78 Å². The van der Waals surface area contributed by atoms with Crippen molar-refractivity contribution in [2.24, 2.45) is 0 Å². The summed E-state index contributed by atoms with van der Waals surface area (Å²) in [5.41, 5.74) is 0. The lowest BCUT2D eigenvalue weighted by atomic mass is 10.5. The largest absolute Gasteiger partial charge is 0.616 e. The van der Waals surface area contributed by atoms with Crippen molar-refractivity contribution in [3.05, 3.63) is 0 Å². The molecule has 0 bridgehead atoms. The average Bonchev–Trinajstić information content (AvgIpc) is 2.00. The second-order valence-electron chi connectivity index (χ2n) is 2.26. The number of halogens is 2. The second kappa shape index (κ2) is 4.91. The predicted molar refractivity (Wildman–Crippen MR) is 39.0 cm³/mol. The first-order valence-electron chi connectivity index (χ1n) is 3.14. The van der Waals surface area contributed by atoms with E-state index in [9.17, 15) is 13.3 Å². The summed E-state index contributed by atoms with van der Waals surface area (Å²) in [5.74, 6) is 0. The van der Waals surface area contributed by atoms with Crippen LogP contribution >= 0.6 is 0 Å². The number of rotatable bonds is 4. The molecule has 1 nitrogen and oxygen atoms in total. The van der Waals surface area contributed by atoms with Crippen molar-refractivity contribution in [1.29, 1.82) is 0 Å². The van der Waals surface area contributed by atoms with Crippen molar-refractivity contribution >= 4 is 11.2 Å². The van der Waals surface area contributed by atoms with Crippen LogP contribution in [0.15, 0.2) is 0 Å². The second-order valence-corrected chi connectivity index (χ2v) is 4.52. The molecule has 4 heteroatoms. The van der Waals surface area contributed by atoms with Crippen molar-refractivity contribution in [2.45, 2.75) is 24.3 Å². The van der Waals surface area contributed by atoms with E-state index >= 15 is 0 Å². The Labute approximate surface area is 63.0 Å². The molecule has 0 rings (SSSR count). The van der Waals surface area contributed by atoms with Gasteiger partial charge in [0.15, 0.2) is 0 Å². The molecule has 0 N–H and O–H groups in total. The third-order valence-electron chi connectivity index (χ3n) is 1.23. The Morgan fingerprint density at radius 1 is 1.20 bits per heavy atom. The smallest absolute Gasteiger partial charge is 0.141 e. The molecule has 62 valence electrons. The highest BCUT2D eigenvalue weighted by atomic mass is 32.2. The minimum Gasteiger partial charge on any atom is -0.616 e. The Bertz CT molecular complexity index is 81.8. The summed E-state index contributed by atoms with van der Waals surface area (Å²) in [5, 5.41) is -1.07. The fourth-order valence-electron chi connectivity index (χ4n) is 0.521. The van der Waals surface area contributed by atoms with Crippen molar-refractivity contribution in [2.75, 3.05) is 13.3 Å². The highest BCUT2D eigenvalue weighted by Gasteiger charge is 2.23. The van der Waals surface area contributed by atoms with Crippen molar-refractivity contribution in [3.63, 3.8) is 0 Å². The molecule has 0 aliphatic rings. The predicted octanol–water partition coefficient (Wildman–Crippen LogP) is 1.45. The Morgan fingerprint density at radius 2 is 1.50 bits per heavy atom. The minimum absolute atomic E-state index is 0.536. The van der Waals surface area contributed by atoms with Gasteiger partial charge in [-0.15, -0.1) is 0 Å². The maximum Gasteiger partial charge on any atom is 0.141 e. The summed E-state index contributed by atoms with van der Waals surface area (Å²) >= 11 is -1.36. The average molecular weight is 170 g/mol. The van der Waals surface area contributed by atoms with Gasteiger partial charge < -0.3 is 4.55 Å². The van der Waals surface area contributed by atoms with Gasteiger partial charge in [0.25, 0.3) is 0 Å². The van der Waals surface area contributed by atoms with Crippen LogP contribution in [0, 0.1) is 0 Å². The summed E-state index contributed by atoms with van der Waals surface area (Å²) in [7, 11) is 0. The Balaban J connectivity index is 3.69. The lowest BCUT2D eigenvalue weighted by Crippen LogP contribution is -2.30. The number of alkyl halides is 2. The van der Waals surface area contributed by atoms with Gasteiger partial charge in [0.2, 0.25) is 0 Å². The number of hydrogen-bond acceptors (Lipinski definition) is 1. The molecule has 0 aliphatic heterocycles. The Kier molecular flexibility index (Phi) is 4.99. The summed E-state index contributed by atoms with van der Waals surface area (Å²) in [4.78, 5) is 0. The van der Waals surface area contributed by atoms with E-state index in [1.165, 1.54) is 13.8 Å². The van der Waals surface area contributed by atoms with Gasteiger partial charge in [0, 0.05) is 0 Å². The van der Waals surface area contributed by atoms with Crippen molar-refractivity contribution in [3.8, 4) is 0 Å². The van der Waals surface area contributed by atoms with Crippen LogP contribution in [0.5, 0.6) is 0 Å². The van der Waals surface area contributed by atoms with E-state index in [0.717, 1.165) is 0 Å². The SMILES string of the molecule is CC(CF)[S+]([O-])C(C)CF. The van der Waals surface area contributed by atoms with Crippen molar-refractivity contribution < 1.29 is 13.3 Å². The fourth-order valence-corrected chi connectivity index (χ4v) is 1.56. The van der Waals surface area contributed by atoms with E-state index < -0.39 is 35.0 Å². The molecule has 0 fully saturated rings. The van der Waals surface area contributed by atoms with Crippen LogP contribution in [0.25, 0.3) is 0 Å². The first-order valence-corrected chi connectivity index (χ1v) is 4.42. The van der Waals surface area contributed by atoms with E-state index in [4.69, 9.17) is 0 Å². The number of hydrogen-bond donors (Lipinski definition) is 0. The molecule has 0 spiro atoms. The molecule has 0 saturated heterocycles. The molecule has 2 atom stereocenters. The van der Waals surface area contributed by atoms with Crippen LogP contribution in [0.4, 0.5) is 8.78 Å². The van der Waals surface area contributed by atoms with Gasteiger partial charge in [-0.3, -0.25) is 0 Å². The van der Waals surface area contributed by atoms with Gasteiger partial charge in [0.05, 0.1) is 0 Å². The lowest BCUT2D eigenvalue weighted by Gasteiger charge is -2.19. The third-order valence-corrected chi connectivity index (χ3v) is 3.07.